The summed E-state index contributed by atoms with van der Waals surface area (Å²) in [6.45, 7) is 1.81. The van der Waals surface area contributed by atoms with Gasteiger partial charge in [-0.2, -0.15) is 9.57 Å². The molecule has 0 saturated heterocycles. The fourth-order valence-electron chi connectivity index (χ4n) is 3.75. The number of rotatable bonds is 7. The predicted molar refractivity (Wildman–Crippen MR) is 122 cm³/mol. The van der Waals surface area contributed by atoms with Crippen LogP contribution in [-0.2, 0) is 21.3 Å². The Labute approximate surface area is 192 Å². The number of nitrogens with zero attached hydrogens (tertiary/aromatic N) is 2. The quantitative estimate of drug-likeness (QED) is 0.389. The maximum absolute atomic E-state index is 13.4. The molecule has 7 nitrogen and oxygen atoms in total. The highest BCUT2D eigenvalue weighted by molar-refractivity contribution is 7.89. The largest absolute Gasteiger partial charge is 0.480 e. The molecule has 1 N–H and O–H groups in total. The number of aliphatic hydroxyl groups excluding tert-OH is 1. The second-order valence-corrected chi connectivity index (χ2v) is 9.17. The molecule has 1 unspecified atom stereocenters. The molecule has 0 spiro atoms. The minimum absolute atomic E-state index is 0.00210. The highest BCUT2D eigenvalue weighted by atomic mass is 32.2. The molecule has 3 aromatic rings. The Morgan fingerprint density at radius 1 is 1.00 bits per heavy atom. The van der Waals surface area contributed by atoms with Crippen LogP contribution in [0.15, 0.2) is 95.3 Å². The van der Waals surface area contributed by atoms with E-state index in [1.165, 1.54) is 10.4 Å². The van der Waals surface area contributed by atoms with Crippen molar-refractivity contribution < 1.29 is 23.0 Å². The molecule has 3 aromatic carbocycles. The number of hydrogen-bond donors (Lipinski definition) is 1. The van der Waals surface area contributed by atoms with Crippen LogP contribution < -0.4 is 4.74 Å². The third kappa shape index (κ3) is 4.42. The van der Waals surface area contributed by atoms with Crippen molar-refractivity contribution in [2.24, 2.45) is 0 Å². The second-order valence-electron chi connectivity index (χ2n) is 7.31. The molecule has 0 radical (unpaired) electrons. The topological polar surface area (TPSA) is 99.9 Å². The average molecular weight is 463 g/mol. The van der Waals surface area contributed by atoms with Crippen molar-refractivity contribution in [3.05, 3.63) is 102 Å². The second kappa shape index (κ2) is 9.36. The zero-order valence-electron chi connectivity index (χ0n) is 17.9. The summed E-state index contributed by atoms with van der Waals surface area (Å²) in [7, 11) is -3.91. The minimum atomic E-state index is -3.91. The maximum Gasteiger partial charge on any atom is 0.293 e. The van der Waals surface area contributed by atoms with Crippen molar-refractivity contribution in [2.75, 3.05) is 6.61 Å². The number of hydrogen-bond acceptors (Lipinski definition) is 6. The lowest BCUT2D eigenvalue weighted by atomic mass is 9.99. The third-order valence-corrected chi connectivity index (χ3v) is 7.12. The van der Waals surface area contributed by atoms with Gasteiger partial charge in [-0.05, 0) is 48.4 Å². The minimum Gasteiger partial charge on any atom is -0.480 e. The van der Waals surface area contributed by atoms with Crippen molar-refractivity contribution in [2.45, 2.75) is 24.4 Å². The first-order chi connectivity index (χ1) is 16.0. The summed E-state index contributed by atoms with van der Waals surface area (Å²) in [5.74, 6) is 0.729. The van der Waals surface area contributed by atoms with Gasteiger partial charge in [-0.15, -0.1) is 0 Å². The van der Waals surface area contributed by atoms with E-state index in [2.05, 4.69) is 0 Å². The molecule has 1 heterocycles. The molecular formula is C25H22N2O5S. The molecule has 0 bridgehead atoms. The van der Waals surface area contributed by atoms with E-state index in [1.807, 2.05) is 36.4 Å². The van der Waals surface area contributed by atoms with E-state index in [0.717, 1.165) is 0 Å². The van der Waals surface area contributed by atoms with Gasteiger partial charge in [-0.1, -0.05) is 48.5 Å². The van der Waals surface area contributed by atoms with Crippen LogP contribution in [0.25, 0.3) is 0 Å². The summed E-state index contributed by atoms with van der Waals surface area (Å²) in [6.07, 6.45) is 0. The number of benzene rings is 3. The van der Waals surface area contributed by atoms with Crippen molar-refractivity contribution >= 4 is 10.0 Å². The van der Waals surface area contributed by atoms with Crippen LogP contribution in [0.2, 0.25) is 0 Å². The smallest absolute Gasteiger partial charge is 0.293 e. The van der Waals surface area contributed by atoms with Crippen molar-refractivity contribution in [3.63, 3.8) is 0 Å². The number of sulfonamides is 1. The van der Waals surface area contributed by atoms with E-state index in [9.17, 15) is 18.8 Å². The van der Waals surface area contributed by atoms with Gasteiger partial charge in [0, 0.05) is 6.54 Å². The predicted octanol–water partition coefficient (Wildman–Crippen LogP) is 5.05. The lowest BCUT2D eigenvalue weighted by molar-refractivity contribution is 0.0952. The van der Waals surface area contributed by atoms with Crippen LogP contribution in [-0.4, -0.2) is 24.4 Å². The van der Waals surface area contributed by atoms with Crippen molar-refractivity contribution in [1.29, 1.82) is 5.26 Å². The van der Waals surface area contributed by atoms with Gasteiger partial charge in [-0.3, -0.25) is 0 Å². The highest BCUT2D eigenvalue weighted by Crippen LogP contribution is 2.44. The number of ether oxygens (including phenoxy) is 2. The summed E-state index contributed by atoms with van der Waals surface area (Å²) in [5, 5.41) is 20.1. The van der Waals surface area contributed by atoms with E-state index < -0.39 is 22.0 Å². The molecule has 1 aliphatic heterocycles. The lowest BCUT2D eigenvalue weighted by Crippen LogP contribution is -2.29. The van der Waals surface area contributed by atoms with Crippen molar-refractivity contribution in [1.82, 2.24) is 4.31 Å². The zero-order chi connectivity index (χ0) is 23.4. The first-order valence-corrected chi connectivity index (χ1v) is 11.8. The van der Waals surface area contributed by atoms with Crippen LogP contribution in [0.1, 0.15) is 24.1 Å². The molecule has 1 aliphatic rings. The lowest BCUT2D eigenvalue weighted by Gasteiger charge is -2.23. The number of para-hydroxylation sites is 1. The third-order valence-electron chi connectivity index (χ3n) is 5.23. The Morgan fingerprint density at radius 2 is 1.64 bits per heavy atom. The fourth-order valence-corrected chi connectivity index (χ4v) is 5.54. The molecule has 8 heteroatoms. The van der Waals surface area contributed by atoms with Gasteiger partial charge in [0.25, 0.3) is 5.95 Å². The first kappa shape index (κ1) is 22.4. The number of aliphatic hydroxyl groups is 1. The van der Waals surface area contributed by atoms with Gasteiger partial charge >= 0.3 is 0 Å². The molecule has 0 aromatic heterocycles. The van der Waals surface area contributed by atoms with E-state index in [-0.39, 0.29) is 23.6 Å². The maximum atomic E-state index is 13.4. The molecule has 0 aliphatic carbocycles. The van der Waals surface area contributed by atoms with Gasteiger partial charge in [0.15, 0.2) is 0 Å². The van der Waals surface area contributed by atoms with Gasteiger partial charge in [0.1, 0.15) is 23.1 Å². The first-order valence-electron chi connectivity index (χ1n) is 10.3. The number of fused-ring (bicyclic) bond motifs is 1. The van der Waals surface area contributed by atoms with Crippen LogP contribution in [0.3, 0.4) is 0 Å². The number of nitriles is 1. The molecule has 0 fully saturated rings. The SMILES string of the molecule is CCO/C(O)=C(/C#N)C1c2ccccc2S(=O)(=O)N1Cc1ccc(Oc2ccccc2)cc1. The summed E-state index contributed by atoms with van der Waals surface area (Å²) >= 11 is 0. The summed E-state index contributed by atoms with van der Waals surface area (Å²) in [6, 6.07) is 23.8. The monoisotopic (exact) mass is 462 g/mol. The standard InChI is InChI=1S/C25H22N2O5S/c1-2-31-25(28)22(16-26)24-21-10-6-7-11-23(21)33(29,30)27(24)17-18-12-14-20(15-13-18)32-19-8-4-3-5-9-19/h3-15,24,28H,2,17H2,1H3/b25-22-. The van der Waals surface area contributed by atoms with Crippen molar-refractivity contribution in [3.8, 4) is 17.6 Å². The molecular weight excluding hydrogens is 440 g/mol. The summed E-state index contributed by atoms with van der Waals surface area (Å²) in [4.78, 5) is 0.107. The van der Waals surface area contributed by atoms with Gasteiger partial charge < -0.3 is 14.6 Å². The summed E-state index contributed by atoms with van der Waals surface area (Å²) in [5.41, 5.74) is 0.962. The molecule has 0 amide bonds. The van der Waals surface area contributed by atoms with Crippen LogP contribution in [0, 0.1) is 11.3 Å². The van der Waals surface area contributed by atoms with E-state index in [1.54, 1.807) is 49.4 Å². The Hall–Kier alpha value is -3.80. The Balaban J connectivity index is 1.68. The van der Waals surface area contributed by atoms with Gasteiger partial charge in [-0.25, -0.2) is 8.42 Å². The van der Waals surface area contributed by atoms with Gasteiger partial charge in [0.2, 0.25) is 10.0 Å². The van der Waals surface area contributed by atoms with E-state index in [0.29, 0.717) is 22.6 Å². The van der Waals surface area contributed by atoms with Crippen LogP contribution in [0.5, 0.6) is 11.5 Å². The Kier molecular flexibility index (Phi) is 6.36. The molecule has 33 heavy (non-hydrogen) atoms. The Morgan fingerprint density at radius 3 is 2.30 bits per heavy atom. The average Bonchev–Trinajstić information content (AvgIpc) is 3.04. The van der Waals surface area contributed by atoms with Crippen LogP contribution in [0.4, 0.5) is 0 Å². The van der Waals surface area contributed by atoms with E-state index >= 15 is 0 Å². The molecule has 4 rings (SSSR count). The molecule has 1 atom stereocenters. The summed E-state index contributed by atoms with van der Waals surface area (Å²) < 4.78 is 38.9. The van der Waals surface area contributed by atoms with E-state index in [4.69, 9.17) is 9.47 Å². The molecule has 168 valence electrons. The Bertz CT molecular complexity index is 1310. The highest BCUT2D eigenvalue weighted by Gasteiger charge is 2.45. The zero-order valence-corrected chi connectivity index (χ0v) is 18.7. The fraction of sp³-hybridized carbons (Fsp3) is 0.160. The van der Waals surface area contributed by atoms with Gasteiger partial charge in [0.05, 0.1) is 17.5 Å². The molecule has 0 saturated carbocycles. The normalized spacial score (nSPS) is 17.5. The van der Waals surface area contributed by atoms with Crippen LogP contribution >= 0.6 is 0 Å².